The first-order chi connectivity index (χ1) is 13.1. The molecule has 0 saturated heterocycles. The number of H-pyrrole nitrogens is 1. The maximum atomic E-state index is 12.8. The monoisotopic (exact) mass is 361 g/mol. The largest absolute Gasteiger partial charge is 0.326 e. The second-order valence-electron chi connectivity index (χ2n) is 6.42. The molecule has 1 aromatic heterocycles. The molecule has 5 nitrogen and oxygen atoms in total. The molecule has 0 saturated carbocycles. The molecule has 1 amide bonds. The second-order valence-corrected chi connectivity index (χ2v) is 6.42. The average Bonchev–Trinajstić information content (AvgIpc) is 3.23. The summed E-state index contributed by atoms with van der Waals surface area (Å²) < 4.78 is 0. The van der Waals surface area contributed by atoms with Gasteiger partial charge in [0, 0.05) is 29.4 Å². The molecular weight excluding hydrogens is 338 g/mol. The van der Waals surface area contributed by atoms with Crippen molar-refractivity contribution in [2.45, 2.75) is 32.6 Å². The molecule has 3 aromatic rings. The van der Waals surface area contributed by atoms with Gasteiger partial charge in [0.05, 0.1) is 12.1 Å². The van der Waals surface area contributed by atoms with Crippen molar-refractivity contribution in [2.75, 3.05) is 5.32 Å². The predicted molar refractivity (Wildman–Crippen MR) is 107 cm³/mol. The van der Waals surface area contributed by atoms with Crippen molar-refractivity contribution in [2.24, 2.45) is 0 Å². The van der Waals surface area contributed by atoms with Gasteiger partial charge in [-0.2, -0.15) is 5.10 Å². The van der Waals surface area contributed by atoms with E-state index in [4.69, 9.17) is 0 Å². The van der Waals surface area contributed by atoms with Crippen molar-refractivity contribution in [3.8, 4) is 11.1 Å². The van der Waals surface area contributed by atoms with E-state index in [1.54, 1.807) is 12.3 Å². The number of aromatic amines is 1. The van der Waals surface area contributed by atoms with Crippen LogP contribution in [0.2, 0.25) is 0 Å². The van der Waals surface area contributed by atoms with E-state index in [-0.39, 0.29) is 17.6 Å². The molecule has 5 heteroatoms. The van der Waals surface area contributed by atoms with Crippen LogP contribution < -0.4 is 5.32 Å². The van der Waals surface area contributed by atoms with E-state index in [0.29, 0.717) is 18.4 Å². The third kappa shape index (κ3) is 4.31. The van der Waals surface area contributed by atoms with Crippen LogP contribution in [0.25, 0.3) is 11.1 Å². The molecule has 1 unspecified atom stereocenters. The number of aromatic nitrogens is 2. The first-order valence-electron chi connectivity index (χ1n) is 9.15. The van der Waals surface area contributed by atoms with Crippen molar-refractivity contribution >= 4 is 17.4 Å². The molecule has 0 aliphatic rings. The number of carbonyl (C=O) groups excluding carboxylic acids is 2. The molecule has 0 spiro atoms. The van der Waals surface area contributed by atoms with Crippen LogP contribution in [0.1, 0.15) is 48.5 Å². The minimum absolute atomic E-state index is 0.0744. The van der Waals surface area contributed by atoms with Crippen LogP contribution in [0.3, 0.4) is 0 Å². The maximum Gasteiger partial charge on any atom is 0.231 e. The number of ketones is 1. The number of hydrogen-bond donors (Lipinski definition) is 2. The number of Topliss-reactive ketones (excluding diaryl/α,β-unsaturated/α-hetero) is 1. The molecule has 0 radical (unpaired) electrons. The summed E-state index contributed by atoms with van der Waals surface area (Å²) in [5, 5.41) is 9.71. The van der Waals surface area contributed by atoms with Crippen LogP contribution >= 0.6 is 0 Å². The summed E-state index contributed by atoms with van der Waals surface area (Å²) in [6.45, 7) is 3.81. The van der Waals surface area contributed by atoms with Gasteiger partial charge in [-0.25, -0.2) is 0 Å². The molecule has 2 aromatic carbocycles. The van der Waals surface area contributed by atoms with Crippen LogP contribution in [-0.4, -0.2) is 21.9 Å². The lowest BCUT2D eigenvalue weighted by Crippen LogP contribution is -2.21. The molecule has 0 bridgehead atoms. The van der Waals surface area contributed by atoms with Gasteiger partial charge >= 0.3 is 0 Å². The molecule has 1 atom stereocenters. The fraction of sp³-hybridized carbons (Fsp3) is 0.227. The quantitative estimate of drug-likeness (QED) is 0.594. The summed E-state index contributed by atoms with van der Waals surface area (Å²) in [6, 6.07) is 15.0. The minimum Gasteiger partial charge on any atom is -0.326 e. The van der Waals surface area contributed by atoms with Gasteiger partial charge < -0.3 is 5.32 Å². The van der Waals surface area contributed by atoms with E-state index < -0.39 is 0 Å². The van der Waals surface area contributed by atoms with Gasteiger partial charge in [0.1, 0.15) is 0 Å². The summed E-state index contributed by atoms with van der Waals surface area (Å²) in [6.07, 6.45) is 4.69. The highest BCUT2D eigenvalue weighted by Gasteiger charge is 2.20. The second kappa shape index (κ2) is 8.45. The van der Waals surface area contributed by atoms with Crippen molar-refractivity contribution in [1.29, 1.82) is 0 Å². The first-order valence-corrected chi connectivity index (χ1v) is 9.15. The Morgan fingerprint density at radius 2 is 1.85 bits per heavy atom. The number of amides is 1. The van der Waals surface area contributed by atoms with Crippen LogP contribution in [0.5, 0.6) is 0 Å². The standard InChI is InChI=1S/C22H23N3O2/c1-3-20(16-6-5-7-17(12-16)21(26)4-2)22(27)25-19-10-8-15(9-11-19)18-13-23-24-14-18/h5-14,20H,3-4H2,1-2H3,(H,23,24)(H,25,27). The first kappa shape index (κ1) is 18.6. The molecule has 0 fully saturated rings. The number of benzene rings is 2. The molecule has 0 aliphatic carbocycles. The van der Waals surface area contributed by atoms with Crippen LogP contribution in [0.15, 0.2) is 60.9 Å². The van der Waals surface area contributed by atoms with Gasteiger partial charge in [0.15, 0.2) is 5.78 Å². The molecule has 0 aliphatic heterocycles. The van der Waals surface area contributed by atoms with Crippen molar-refractivity contribution in [3.63, 3.8) is 0 Å². The number of rotatable bonds is 7. The van der Waals surface area contributed by atoms with E-state index >= 15 is 0 Å². The molecule has 138 valence electrons. The van der Waals surface area contributed by atoms with Gasteiger partial charge in [0.2, 0.25) is 5.91 Å². The topological polar surface area (TPSA) is 74.8 Å². The van der Waals surface area contributed by atoms with E-state index in [2.05, 4.69) is 15.5 Å². The molecule has 2 N–H and O–H groups in total. The van der Waals surface area contributed by atoms with Crippen molar-refractivity contribution in [3.05, 3.63) is 72.1 Å². The highest BCUT2D eigenvalue weighted by molar-refractivity contribution is 5.98. The number of nitrogens with one attached hydrogen (secondary N) is 2. The van der Waals surface area contributed by atoms with Gasteiger partial charge in [-0.1, -0.05) is 44.2 Å². The fourth-order valence-electron chi connectivity index (χ4n) is 3.09. The Morgan fingerprint density at radius 1 is 1.07 bits per heavy atom. The molecule has 3 rings (SSSR count). The Hall–Kier alpha value is -3.21. The van der Waals surface area contributed by atoms with E-state index in [1.807, 2.05) is 62.5 Å². The Balaban J connectivity index is 1.75. The number of carbonyl (C=O) groups is 2. The summed E-state index contributed by atoms with van der Waals surface area (Å²) in [4.78, 5) is 24.8. The van der Waals surface area contributed by atoms with Gasteiger partial charge in [-0.15, -0.1) is 0 Å². The number of hydrogen-bond acceptors (Lipinski definition) is 3. The van der Waals surface area contributed by atoms with Crippen LogP contribution in [-0.2, 0) is 4.79 Å². The Morgan fingerprint density at radius 3 is 2.48 bits per heavy atom. The average molecular weight is 361 g/mol. The zero-order valence-corrected chi connectivity index (χ0v) is 15.5. The third-order valence-electron chi connectivity index (χ3n) is 4.64. The Bertz CT molecular complexity index is 915. The zero-order chi connectivity index (χ0) is 19.2. The lowest BCUT2D eigenvalue weighted by atomic mass is 9.93. The SMILES string of the molecule is CCC(=O)c1cccc(C(CC)C(=O)Nc2ccc(-c3cn[nH]c3)cc2)c1. The van der Waals surface area contributed by atoms with Crippen LogP contribution in [0.4, 0.5) is 5.69 Å². The number of anilines is 1. The third-order valence-corrected chi connectivity index (χ3v) is 4.64. The van der Waals surface area contributed by atoms with E-state index in [9.17, 15) is 9.59 Å². The van der Waals surface area contributed by atoms with Crippen molar-refractivity contribution in [1.82, 2.24) is 10.2 Å². The van der Waals surface area contributed by atoms with Crippen LogP contribution in [0, 0.1) is 0 Å². The lowest BCUT2D eigenvalue weighted by molar-refractivity contribution is -0.117. The lowest BCUT2D eigenvalue weighted by Gasteiger charge is -2.16. The predicted octanol–water partition coefficient (Wildman–Crippen LogP) is 4.80. The molecular formula is C22H23N3O2. The summed E-state index contributed by atoms with van der Waals surface area (Å²) in [5.41, 5.74) is 4.29. The zero-order valence-electron chi connectivity index (χ0n) is 15.5. The van der Waals surface area contributed by atoms with Gasteiger partial charge in [-0.05, 0) is 35.7 Å². The normalized spacial score (nSPS) is 11.8. The smallest absolute Gasteiger partial charge is 0.231 e. The van der Waals surface area contributed by atoms with Gasteiger partial charge in [-0.3, -0.25) is 14.7 Å². The highest BCUT2D eigenvalue weighted by atomic mass is 16.2. The molecule has 1 heterocycles. The summed E-state index contributed by atoms with van der Waals surface area (Å²) >= 11 is 0. The minimum atomic E-state index is -0.303. The van der Waals surface area contributed by atoms with E-state index in [0.717, 1.165) is 22.4 Å². The fourth-order valence-corrected chi connectivity index (χ4v) is 3.09. The number of nitrogens with zero attached hydrogens (tertiary/aromatic N) is 1. The highest BCUT2D eigenvalue weighted by Crippen LogP contribution is 2.25. The molecule has 27 heavy (non-hydrogen) atoms. The van der Waals surface area contributed by atoms with Gasteiger partial charge in [0.25, 0.3) is 0 Å². The Kier molecular flexibility index (Phi) is 5.81. The van der Waals surface area contributed by atoms with E-state index in [1.165, 1.54) is 0 Å². The van der Waals surface area contributed by atoms with Crippen molar-refractivity contribution < 1.29 is 9.59 Å². The summed E-state index contributed by atoms with van der Waals surface area (Å²) in [5.74, 6) is -0.292. The maximum absolute atomic E-state index is 12.8. The Labute approximate surface area is 158 Å². The summed E-state index contributed by atoms with van der Waals surface area (Å²) in [7, 11) is 0.